The molecule has 5 rings (SSSR count). The third-order valence-corrected chi connectivity index (χ3v) is 6.52. The molecular formula is C24H20BrNO. The van der Waals surface area contributed by atoms with E-state index in [2.05, 4.69) is 88.7 Å². The maximum Gasteiger partial charge on any atom is 0.224 e. The van der Waals surface area contributed by atoms with Crippen molar-refractivity contribution in [1.29, 1.82) is 0 Å². The van der Waals surface area contributed by atoms with Crippen LogP contribution in [0.2, 0.25) is 0 Å². The molecule has 0 N–H and O–H groups in total. The van der Waals surface area contributed by atoms with E-state index in [1.54, 1.807) is 6.92 Å². The molecule has 0 saturated heterocycles. The fraction of sp³-hybridized carbons (Fsp3) is 0.208. The second-order valence-electron chi connectivity index (χ2n) is 7.46. The molecule has 0 fully saturated rings. The van der Waals surface area contributed by atoms with Crippen LogP contribution in [0.3, 0.4) is 0 Å². The summed E-state index contributed by atoms with van der Waals surface area (Å²) in [5.74, 6) is 0.813. The van der Waals surface area contributed by atoms with Crippen molar-refractivity contribution in [3.63, 3.8) is 0 Å². The first kappa shape index (κ1) is 16.8. The van der Waals surface area contributed by atoms with E-state index in [1.807, 2.05) is 4.90 Å². The van der Waals surface area contributed by atoms with Crippen LogP contribution in [0.4, 0.5) is 5.69 Å². The topological polar surface area (TPSA) is 20.3 Å². The first-order chi connectivity index (χ1) is 13.1. The van der Waals surface area contributed by atoms with Crippen molar-refractivity contribution in [3.8, 4) is 0 Å². The van der Waals surface area contributed by atoms with Gasteiger partial charge < -0.3 is 4.90 Å². The summed E-state index contributed by atoms with van der Waals surface area (Å²) >= 11 is 3.53. The Kier molecular flexibility index (Phi) is 3.94. The predicted molar refractivity (Wildman–Crippen MR) is 114 cm³/mol. The molecule has 3 atom stereocenters. The van der Waals surface area contributed by atoms with E-state index in [4.69, 9.17) is 0 Å². The number of amides is 1. The van der Waals surface area contributed by atoms with Crippen molar-refractivity contribution in [2.45, 2.75) is 25.3 Å². The quantitative estimate of drug-likeness (QED) is 0.421. The van der Waals surface area contributed by atoms with E-state index >= 15 is 0 Å². The van der Waals surface area contributed by atoms with Gasteiger partial charge in [-0.15, -0.1) is 0 Å². The van der Waals surface area contributed by atoms with Crippen molar-refractivity contribution in [2.75, 3.05) is 4.90 Å². The third-order valence-electron chi connectivity index (χ3n) is 5.99. The second kappa shape index (κ2) is 6.35. The van der Waals surface area contributed by atoms with Crippen molar-refractivity contribution < 1.29 is 4.79 Å². The summed E-state index contributed by atoms with van der Waals surface area (Å²) in [6, 6.07) is 21.3. The van der Waals surface area contributed by atoms with Gasteiger partial charge in [-0.1, -0.05) is 70.5 Å². The predicted octanol–water partition coefficient (Wildman–Crippen LogP) is 6.37. The zero-order valence-electron chi connectivity index (χ0n) is 15.1. The lowest BCUT2D eigenvalue weighted by Crippen LogP contribution is -2.42. The number of anilines is 1. The van der Waals surface area contributed by atoms with E-state index in [0.717, 1.165) is 16.6 Å². The molecular weight excluding hydrogens is 398 g/mol. The van der Waals surface area contributed by atoms with Gasteiger partial charge in [0.05, 0.1) is 6.04 Å². The van der Waals surface area contributed by atoms with Gasteiger partial charge in [-0.25, -0.2) is 0 Å². The molecule has 2 aliphatic rings. The molecule has 0 radical (unpaired) electrons. The average Bonchev–Trinajstić information content (AvgIpc) is 3.16. The molecule has 0 bridgehead atoms. The molecule has 0 spiro atoms. The minimum Gasteiger partial charge on any atom is -0.305 e. The maximum atomic E-state index is 12.8. The number of hydrogen-bond donors (Lipinski definition) is 0. The van der Waals surface area contributed by atoms with Crippen LogP contribution in [0.15, 0.2) is 77.3 Å². The first-order valence-electron chi connectivity index (χ1n) is 9.39. The summed E-state index contributed by atoms with van der Waals surface area (Å²) < 4.78 is 1.06. The largest absolute Gasteiger partial charge is 0.305 e. The molecule has 1 heterocycles. The number of hydrogen-bond acceptors (Lipinski definition) is 1. The highest BCUT2D eigenvalue weighted by molar-refractivity contribution is 9.10. The lowest BCUT2D eigenvalue weighted by atomic mass is 9.74. The zero-order chi connectivity index (χ0) is 18.5. The van der Waals surface area contributed by atoms with Gasteiger partial charge in [0.1, 0.15) is 0 Å². The van der Waals surface area contributed by atoms with Gasteiger partial charge in [0.2, 0.25) is 5.91 Å². The Morgan fingerprint density at radius 2 is 1.81 bits per heavy atom. The van der Waals surface area contributed by atoms with E-state index in [0.29, 0.717) is 11.8 Å². The first-order valence-corrected chi connectivity index (χ1v) is 10.2. The minimum atomic E-state index is 0.0595. The highest BCUT2D eigenvalue weighted by atomic mass is 79.9. The minimum absolute atomic E-state index is 0.0595. The molecule has 134 valence electrons. The summed E-state index contributed by atoms with van der Waals surface area (Å²) in [6.45, 7) is 1.69. The summed E-state index contributed by atoms with van der Waals surface area (Å²) in [4.78, 5) is 14.9. The van der Waals surface area contributed by atoms with Gasteiger partial charge in [-0.3, -0.25) is 4.79 Å². The van der Waals surface area contributed by atoms with E-state index < -0.39 is 0 Å². The Morgan fingerprint density at radius 3 is 2.59 bits per heavy atom. The summed E-state index contributed by atoms with van der Waals surface area (Å²) in [7, 11) is 0. The summed E-state index contributed by atoms with van der Waals surface area (Å²) in [5.41, 5.74) is 3.56. The monoisotopic (exact) mass is 417 g/mol. The molecule has 1 aliphatic heterocycles. The van der Waals surface area contributed by atoms with E-state index in [-0.39, 0.29) is 11.9 Å². The molecule has 1 aliphatic carbocycles. The molecule has 3 aromatic rings. The van der Waals surface area contributed by atoms with Crippen LogP contribution in [0.1, 0.15) is 36.4 Å². The zero-order valence-corrected chi connectivity index (χ0v) is 16.7. The van der Waals surface area contributed by atoms with Crippen molar-refractivity contribution in [1.82, 2.24) is 0 Å². The van der Waals surface area contributed by atoms with Crippen molar-refractivity contribution in [3.05, 3.63) is 88.4 Å². The average molecular weight is 418 g/mol. The fourth-order valence-electron chi connectivity index (χ4n) is 4.91. The highest BCUT2D eigenvalue weighted by Crippen LogP contribution is 2.54. The fourth-order valence-corrected chi connectivity index (χ4v) is 5.18. The molecule has 1 amide bonds. The van der Waals surface area contributed by atoms with Crippen LogP contribution in [-0.2, 0) is 4.79 Å². The molecule has 0 saturated carbocycles. The number of carbonyl (C=O) groups is 1. The maximum absolute atomic E-state index is 12.8. The Morgan fingerprint density at radius 1 is 1.04 bits per heavy atom. The SMILES string of the molecule is CC(=O)N1c2ccc3ccccc3c2[C@H]2C=CC[C@H]2[C@@H]1c1ccc(Br)cc1. The molecule has 0 unspecified atom stereocenters. The number of benzene rings is 3. The lowest BCUT2D eigenvalue weighted by Gasteiger charge is -2.44. The lowest BCUT2D eigenvalue weighted by molar-refractivity contribution is -0.117. The van der Waals surface area contributed by atoms with E-state index in [9.17, 15) is 4.79 Å². The van der Waals surface area contributed by atoms with Crippen molar-refractivity contribution >= 4 is 38.3 Å². The third kappa shape index (κ3) is 2.56. The Bertz CT molecular complexity index is 1070. The Labute approximate surface area is 167 Å². The normalized spacial score (nSPS) is 23.3. The Hall–Kier alpha value is -2.39. The number of fused-ring (bicyclic) bond motifs is 5. The van der Waals surface area contributed by atoms with Crippen LogP contribution >= 0.6 is 15.9 Å². The van der Waals surface area contributed by atoms with Crippen LogP contribution in [0.5, 0.6) is 0 Å². The number of carbonyl (C=O) groups excluding carboxylic acids is 1. The van der Waals surface area contributed by atoms with Gasteiger partial charge in [0.25, 0.3) is 0 Å². The van der Waals surface area contributed by atoms with Gasteiger partial charge in [-0.05, 0) is 52.4 Å². The van der Waals surface area contributed by atoms with Crippen LogP contribution in [0, 0.1) is 5.92 Å². The summed E-state index contributed by atoms with van der Waals surface area (Å²) in [5, 5.41) is 2.50. The van der Waals surface area contributed by atoms with E-state index in [1.165, 1.54) is 21.9 Å². The van der Waals surface area contributed by atoms with Crippen molar-refractivity contribution in [2.24, 2.45) is 5.92 Å². The standard InChI is InChI=1S/C24H20BrNO/c1-15(27)26-22-14-11-16-5-2-3-6-19(16)23(22)20-7-4-8-21(20)24(26)17-9-12-18(25)13-10-17/h2-7,9-14,20-21,24H,8H2,1H3/t20-,21+,24-/m0/s1. The van der Waals surface area contributed by atoms with Gasteiger partial charge >= 0.3 is 0 Å². The van der Waals surface area contributed by atoms with Crippen LogP contribution in [0.25, 0.3) is 10.8 Å². The number of rotatable bonds is 1. The summed E-state index contributed by atoms with van der Waals surface area (Å²) in [6.07, 6.45) is 5.63. The highest BCUT2D eigenvalue weighted by Gasteiger charge is 2.44. The van der Waals surface area contributed by atoms with Crippen LogP contribution in [-0.4, -0.2) is 5.91 Å². The molecule has 3 aromatic carbocycles. The number of halogens is 1. The number of allylic oxidation sites excluding steroid dienone is 2. The Balaban J connectivity index is 1.78. The molecule has 27 heavy (non-hydrogen) atoms. The number of nitrogens with zero attached hydrogens (tertiary/aromatic N) is 1. The second-order valence-corrected chi connectivity index (χ2v) is 8.37. The van der Waals surface area contributed by atoms with Crippen LogP contribution < -0.4 is 4.90 Å². The van der Waals surface area contributed by atoms with Gasteiger partial charge in [-0.2, -0.15) is 0 Å². The smallest absolute Gasteiger partial charge is 0.224 e. The van der Waals surface area contributed by atoms with Gasteiger partial charge in [0, 0.05) is 23.0 Å². The van der Waals surface area contributed by atoms with Gasteiger partial charge in [0.15, 0.2) is 0 Å². The molecule has 2 nitrogen and oxygen atoms in total. The molecule has 0 aromatic heterocycles. The molecule has 3 heteroatoms.